The summed E-state index contributed by atoms with van der Waals surface area (Å²) in [5, 5.41) is 0. The van der Waals surface area contributed by atoms with Crippen molar-refractivity contribution < 1.29 is 9.53 Å². The standard InChI is InChI=1S/C18H18O2/c1-13(19)17-8-4-5-9-18(17)20-16-11-10-14-6-2-3-7-15(14)12-16/h4-5,8-12H,2-3,6-7H2,1H3. The maximum atomic E-state index is 11.6. The number of carbonyl (C=O) groups is 1. The molecule has 0 amide bonds. The molecule has 1 aliphatic carbocycles. The zero-order chi connectivity index (χ0) is 13.9. The summed E-state index contributed by atoms with van der Waals surface area (Å²) < 4.78 is 5.92. The van der Waals surface area contributed by atoms with Crippen molar-refractivity contribution in [2.45, 2.75) is 32.6 Å². The monoisotopic (exact) mass is 266 g/mol. The number of fused-ring (bicyclic) bond motifs is 1. The molecule has 0 radical (unpaired) electrons. The zero-order valence-corrected chi connectivity index (χ0v) is 11.7. The van der Waals surface area contributed by atoms with Crippen LogP contribution in [0.25, 0.3) is 0 Å². The van der Waals surface area contributed by atoms with Gasteiger partial charge in [-0.05, 0) is 68.0 Å². The highest BCUT2D eigenvalue weighted by molar-refractivity contribution is 5.96. The fourth-order valence-electron chi connectivity index (χ4n) is 2.75. The van der Waals surface area contributed by atoms with Gasteiger partial charge in [0.2, 0.25) is 0 Å². The summed E-state index contributed by atoms with van der Waals surface area (Å²) in [6.07, 6.45) is 4.82. The van der Waals surface area contributed by atoms with Crippen molar-refractivity contribution in [1.29, 1.82) is 0 Å². The molecule has 2 heteroatoms. The Balaban J connectivity index is 1.90. The van der Waals surface area contributed by atoms with Gasteiger partial charge < -0.3 is 4.74 Å². The average Bonchev–Trinajstić information content (AvgIpc) is 2.47. The van der Waals surface area contributed by atoms with Crippen LogP contribution in [0.2, 0.25) is 0 Å². The van der Waals surface area contributed by atoms with Gasteiger partial charge in [-0.25, -0.2) is 0 Å². The number of benzene rings is 2. The smallest absolute Gasteiger partial charge is 0.163 e. The summed E-state index contributed by atoms with van der Waals surface area (Å²) in [6, 6.07) is 13.7. The largest absolute Gasteiger partial charge is 0.457 e. The SMILES string of the molecule is CC(=O)c1ccccc1Oc1ccc2c(c1)CCCC2. The number of ketones is 1. The van der Waals surface area contributed by atoms with Crippen LogP contribution in [-0.4, -0.2) is 5.78 Å². The molecule has 0 saturated carbocycles. The van der Waals surface area contributed by atoms with Gasteiger partial charge in [-0.15, -0.1) is 0 Å². The molecule has 2 aromatic carbocycles. The fraction of sp³-hybridized carbons (Fsp3) is 0.278. The first-order valence-electron chi connectivity index (χ1n) is 7.13. The topological polar surface area (TPSA) is 26.3 Å². The van der Waals surface area contributed by atoms with E-state index in [1.54, 1.807) is 13.0 Å². The van der Waals surface area contributed by atoms with E-state index in [1.807, 2.05) is 24.3 Å². The lowest BCUT2D eigenvalue weighted by atomic mass is 9.92. The summed E-state index contributed by atoms with van der Waals surface area (Å²) in [5.74, 6) is 1.48. The van der Waals surface area contributed by atoms with E-state index in [9.17, 15) is 4.79 Å². The molecule has 2 nitrogen and oxygen atoms in total. The number of aryl methyl sites for hydroxylation is 2. The van der Waals surface area contributed by atoms with E-state index < -0.39 is 0 Å². The molecule has 102 valence electrons. The van der Waals surface area contributed by atoms with Crippen LogP contribution in [0, 0.1) is 0 Å². The van der Waals surface area contributed by atoms with Crippen molar-refractivity contribution in [1.82, 2.24) is 0 Å². The Morgan fingerprint density at radius 1 is 1.00 bits per heavy atom. The Hall–Kier alpha value is -2.09. The van der Waals surface area contributed by atoms with Gasteiger partial charge in [-0.1, -0.05) is 18.2 Å². The first kappa shape index (κ1) is 12.9. The number of para-hydroxylation sites is 1. The summed E-state index contributed by atoms with van der Waals surface area (Å²) >= 11 is 0. The van der Waals surface area contributed by atoms with Gasteiger partial charge in [-0.3, -0.25) is 4.79 Å². The van der Waals surface area contributed by atoms with Crippen molar-refractivity contribution in [3.05, 3.63) is 59.2 Å². The van der Waals surface area contributed by atoms with Crippen LogP contribution in [0.4, 0.5) is 0 Å². The zero-order valence-electron chi connectivity index (χ0n) is 11.7. The molecule has 0 spiro atoms. The molecular weight excluding hydrogens is 248 g/mol. The van der Waals surface area contributed by atoms with E-state index >= 15 is 0 Å². The van der Waals surface area contributed by atoms with E-state index in [4.69, 9.17) is 4.74 Å². The van der Waals surface area contributed by atoms with Crippen LogP contribution in [0.3, 0.4) is 0 Å². The Labute approximate surface area is 119 Å². The molecule has 1 aliphatic rings. The minimum absolute atomic E-state index is 0.0264. The molecule has 0 bridgehead atoms. The van der Waals surface area contributed by atoms with Crippen molar-refractivity contribution in [2.24, 2.45) is 0 Å². The number of carbonyl (C=O) groups excluding carboxylic acids is 1. The molecule has 0 unspecified atom stereocenters. The summed E-state index contributed by atoms with van der Waals surface area (Å²) in [5.41, 5.74) is 3.45. The Kier molecular flexibility index (Phi) is 3.55. The minimum atomic E-state index is 0.0264. The fourth-order valence-corrected chi connectivity index (χ4v) is 2.75. The van der Waals surface area contributed by atoms with E-state index in [1.165, 1.54) is 30.4 Å². The van der Waals surface area contributed by atoms with Gasteiger partial charge in [0.05, 0.1) is 5.56 Å². The summed E-state index contributed by atoms with van der Waals surface area (Å²) in [4.78, 5) is 11.6. The highest BCUT2D eigenvalue weighted by atomic mass is 16.5. The molecule has 0 heterocycles. The molecule has 3 rings (SSSR count). The van der Waals surface area contributed by atoms with Crippen molar-refractivity contribution in [2.75, 3.05) is 0 Å². The molecule has 2 aromatic rings. The second-order valence-electron chi connectivity index (χ2n) is 5.29. The average molecular weight is 266 g/mol. The van der Waals surface area contributed by atoms with E-state index in [0.717, 1.165) is 12.2 Å². The molecule has 0 aromatic heterocycles. The van der Waals surface area contributed by atoms with Crippen LogP contribution in [0.1, 0.15) is 41.3 Å². The molecule has 0 fully saturated rings. The van der Waals surface area contributed by atoms with Crippen LogP contribution in [0.15, 0.2) is 42.5 Å². The highest BCUT2D eigenvalue weighted by Crippen LogP contribution is 2.30. The highest BCUT2D eigenvalue weighted by Gasteiger charge is 2.12. The maximum absolute atomic E-state index is 11.6. The predicted octanol–water partition coefficient (Wildman–Crippen LogP) is 4.56. The first-order valence-corrected chi connectivity index (χ1v) is 7.13. The Morgan fingerprint density at radius 2 is 1.75 bits per heavy atom. The normalized spacial score (nSPS) is 13.7. The third kappa shape index (κ3) is 2.60. The lowest BCUT2D eigenvalue weighted by Crippen LogP contribution is -2.03. The molecular formula is C18H18O2. The third-order valence-corrected chi connectivity index (χ3v) is 3.81. The molecule has 0 aliphatic heterocycles. The van der Waals surface area contributed by atoms with Crippen molar-refractivity contribution in [3.63, 3.8) is 0 Å². The van der Waals surface area contributed by atoms with E-state index in [0.29, 0.717) is 11.3 Å². The number of hydrogen-bond acceptors (Lipinski definition) is 2. The lowest BCUT2D eigenvalue weighted by molar-refractivity contribution is 0.101. The molecule has 0 saturated heterocycles. The number of hydrogen-bond donors (Lipinski definition) is 0. The minimum Gasteiger partial charge on any atom is -0.457 e. The predicted molar refractivity (Wildman–Crippen MR) is 79.6 cm³/mol. The van der Waals surface area contributed by atoms with Crippen molar-refractivity contribution in [3.8, 4) is 11.5 Å². The quantitative estimate of drug-likeness (QED) is 0.761. The maximum Gasteiger partial charge on any atom is 0.163 e. The van der Waals surface area contributed by atoms with Gasteiger partial charge in [0.25, 0.3) is 0 Å². The van der Waals surface area contributed by atoms with Crippen LogP contribution in [0.5, 0.6) is 11.5 Å². The molecule has 20 heavy (non-hydrogen) atoms. The summed E-state index contributed by atoms with van der Waals surface area (Å²) in [7, 11) is 0. The summed E-state index contributed by atoms with van der Waals surface area (Å²) in [6.45, 7) is 1.56. The third-order valence-electron chi connectivity index (χ3n) is 3.81. The van der Waals surface area contributed by atoms with E-state index in [2.05, 4.69) is 12.1 Å². The van der Waals surface area contributed by atoms with Gasteiger partial charge in [0, 0.05) is 0 Å². The molecule has 0 N–H and O–H groups in total. The van der Waals surface area contributed by atoms with Crippen LogP contribution >= 0.6 is 0 Å². The Morgan fingerprint density at radius 3 is 2.55 bits per heavy atom. The van der Waals surface area contributed by atoms with Crippen LogP contribution < -0.4 is 4.74 Å². The second kappa shape index (κ2) is 5.49. The number of ether oxygens (including phenoxy) is 1. The van der Waals surface area contributed by atoms with Gasteiger partial charge in [0.15, 0.2) is 5.78 Å². The van der Waals surface area contributed by atoms with Crippen molar-refractivity contribution >= 4 is 5.78 Å². The van der Waals surface area contributed by atoms with Gasteiger partial charge in [0.1, 0.15) is 11.5 Å². The lowest BCUT2D eigenvalue weighted by Gasteiger charge is -2.17. The van der Waals surface area contributed by atoms with Crippen LogP contribution in [-0.2, 0) is 12.8 Å². The van der Waals surface area contributed by atoms with Gasteiger partial charge >= 0.3 is 0 Å². The Bertz CT molecular complexity index is 644. The number of Topliss-reactive ketones (excluding diaryl/α,β-unsaturated/α-hetero) is 1. The van der Waals surface area contributed by atoms with Gasteiger partial charge in [-0.2, -0.15) is 0 Å². The van der Waals surface area contributed by atoms with E-state index in [-0.39, 0.29) is 5.78 Å². The molecule has 0 atom stereocenters. The second-order valence-corrected chi connectivity index (χ2v) is 5.29. The first-order chi connectivity index (χ1) is 9.74. The number of rotatable bonds is 3.